The summed E-state index contributed by atoms with van der Waals surface area (Å²) in [4.78, 5) is 36.7. The number of hydrogen-bond donors (Lipinski definition) is 2. The quantitative estimate of drug-likeness (QED) is 0.321. The SMILES string of the molecule is C=CCn1c(SCC(=O)Nc2sc(C(N)=O)c(C)c2C(=O)OC)nnc1C1CCCCC1. The van der Waals surface area contributed by atoms with E-state index in [0.29, 0.717) is 23.2 Å². The number of nitrogens with two attached hydrogens (primary N) is 1. The first-order valence-corrected chi connectivity index (χ1v) is 12.2. The van der Waals surface area contributed by atoms with E-state index >= 15 is 0 Å². The van der Waals surface area contributed by atoms with Gasteiger partial charge in [-0.3, -0.25) is 9.59 Å². The summed E-state index contributed by atoms with van der Waals surface area (Å²) in [6.45, 7) is 5.99. The third kappa shape index (κ3) is 5.21. The second-order valence-electron chi connectivity index (χ2n) is 7.53. The van der Waals surface area contributed by atoms with Gasteiger partial charge in [-0.15, -0.1) is 28.1 Å². The number of methoxy groups -OCH3 is 1. The molecule has 0 spiro atoms. The first-order valence-electron chi connectivity index (χ1n) is 10.4. The average Bonchev–Trinajstić information content (AvgIpc) is 3.33. The Morgan fingerprint density at radius 3 is 2.66 bits per heavy atom. The van der Waals surface area contributed by atoms with Crippen molar-refractivity contribution in [2.24, 2.45) is 5.73 Å². The maximum atomic E-state index is 12.6. The number of rotatable bonds is 9. The topological polar surface area (TPSA) is 129 Å². The summed E-state index contributed by atoms with van der Waals surface area (Å²) >= 11 is 2.22. The molecule has 0 aliphatic heterocycles. The van der Waals surface area contributed by atoms with E-state index in [1.54, 1.807) is 13.0 Å². The van der Waals surface area contributed by atoms with Gasteiger partial charge in [-0.1, -0.05) is 37.1 Å². The van der Waals surface area contributed by atoms with Crippen LogP contribution in [0.4, 0.5) is 5.00 Å². The van der Waals surface area contributed by atoms with Crippen molar-refractivity contribution in [3.05, 3.63) is 34.5 Å². The van der Waals surface area contributed by atoms with E-state index in [2.05, 4.69) is 22.1 Å². The standard InChI is InChI=1S/C21H27N5O4S2/c1-4-10-26-18(13-8-6-5-7-9-13)24-25-21(26)31-11-14(27)23-19-15(20(29)30-3)12(2)16(32-19)17(22)28/h4,13H,1,5-11H2,2-3H3,(H2,22,28)(H,23,27). The van der Waals surface area contributed by atoms with Gasteiger partial charge in [0.15, 0.2) is 5.16 Å². The largest absolute Gasteiger partial charge is 0.465 e. The molecule has 0 saturated heterocycles. The van der Waals surface area contributed by atoms with Gasteiger partial charge >= 0.3 is 5.97 Å². The van der Waals surface area contributed by atoms with Gasteiger partial charge in [0.1, 0.15) is 10.8 Å². The number of allylic oxidation sites excluding steroid dienone is 1. The molecule has 1 saturated carbocycles. The fraction of sp³-hybridized carbons (Fsp3) is 0.476. The molecule has 2 aromatic rings. The molecule has 3 N–H and O–H groups in total. The van der Waals surface area contributed by atoms with E-state index in [1.807, 2.05) is 4.57 Å². The molecule has 0 atom stereocenters. The Bertz CT molecular complexity index is 1020. The van der Waals surface area contributed by atoms with Crippen molar-refractivity contribution in [2.75, 3.05) is 18.2 Å². The molecule has 2 aromatic heterocycles. The number of amides is 2. The monoisotopic (exact) mass is 477 g/mol. The van der Waals surface area contributed by atoms with Crippen LogP contribution < -0.4 is 11.1 Å². The molecule has 11 heteroatoms. The molecule has 0 unspecified atom stereocenters. The van der Waals surface area contributed by atoms with Crippen LogP contribution in [0.25, 0.3) is 0 Å². The van der Waals surface area contributed by atoms with E-state index in [0.717, 1.165) is 30.0 Å². The number of nitrogens with zero attached hydrogens (tertiary/aromatic N) is 3. The number of esters is 1. The molecule has 3 rings (SSSR count). The lowest BCUT2D eigenvalue weighted by Gasteiger charge is -2.21. The van der Waals surface area contributed by atoms with Crippen LogP contribution in [-0.4, -0.2) is 45.4 Å². The number of aromatic nitrogens is 3. The van der Waals surface area contributed by atoms with Gasteiger partial charge in [0, 0.05) is 12.5 Å². The zero-order chi connectivity index (χ0) is 23.3. The van der Waals surface area contributed by atoms with Crippen molar-refractivity contribution in [1.82, 2.24) is 14.8 Å². The minimum Gasteiger partial charge on any atom is -0.465 e. The summed E-state index contributed by atoms with van der Waals surface area (Å²) in [6.07, 6.45) is 7.61. The Morgan fingerprint density at radius 1 is 1.31 bits per heavy atom. The van der Waals surface area contributed by atoms with Crippen LogP contribution in [0.5, 0.6) is 0 Å². The van der Waals surface area contributed by atoms with Gasteiger partial charge in [-0.25, -0.2) is 4.79 Å². The van der Waals surface area contributed by atoms with Gasteiger partial charge in [-0.2, -0.15) is 0 Å². The van der Waals surface area contributed by atoms with Crippen molar-refractivity contribution in [3.63, 3.8) is 0 Å². The molecule has 32 heavy (non-hydrogen) atoms. The zero-order valence-corrected chi connectivity index (χ0v) is 19.8. The van der Waals surface area contributed by atoms with Gasteiger partial charge in [0.25, 0.3) is 5.91 Å². The predicted molar refractivity (Wildman–Crippen MR) is 124 cm³/mol. The highest BCUT2D eigenvalue weighted by Crippen LogP contribution is 2.35. The Morgan fingerprint density at radius 2 is 2.03 bits per heavy atom. The number of thiophene rings is 1. The summed E-state index contributed by atoms with van der Waals surface area (Å²) < 4.78 is 6.81. The molecule has 172 valence electrons. The highest BCUT2D eigenvalue weighted by molar-refractivity contribution is 7.99. The van der Waals surface area contributed by atoms with E-state index < -0.39 is 11.9 Å². The van der Waals surface area contributed by atoms with Crippen LogP contribution in [0.15, 0.2) is 17.8 Å². The molecule has 1 fully saturated rings. The Kier molecular flexibility index (Phi) is 8.08. The molecule has 0 aromatic carbocycles. The number of hydrogen-bond acceptors (Lipinski definition) is 8. The first kappa shape index (κ1) is 24.0. The lowest BCUT2D eigenvalue weighted by molar-refractivity contribution is -0.113. The molecule has 2 heterocycles. The minimum absolute atomic E-state index is 0.0589. The van der Waals surface area contributed by atoms with E-state index in [-0.39, 0.29) is 27.1 Å². The Balaban J connectivity index is 1.73. The van der Waals surface area contributed by atoms with E-state index in [9.17, 15) is 14.4 Å². The number of thioether (sulfide) groups is 1. The maximum absolute atomic E-state index is 12.6. The highest BCUT2D eigenvalue weighted by atomic mass is 32.2. The summed E-state index contributed by atoms with van der Waals surface area (Å²) in [5.41, 5.74) is 5.92. The second kappa shape index (κ2) is 10.8. The summed E-state index contributed by atoms with van der Waals surface area (Å²) in [6, 6.07) is 0. The average molecular weight is 478 g/mol. The van der Waals surface area contributed by atoms with Crippen LogP contribution in [0.2, 0.25) is 0 Å². The van der Waals surface area contributed by atoms with E-state index in [1.165, 1.54) is 38.1 Å². The summed E-state index contributed by atoms with van der Waals surface area (Å²) in [7, 11) is 1.24. The van der Waals surface area contributed by atoms with Crippen molar-refractivity contribution >= 4 is 45.9 Å². The Hall–Kier alpha value is -2.66. The normalized spacial score (nSPS) is 14.2. The van der Waals surface area contributed by atoms with Crippen LogP contribution in [0.3, 0.4) is 0 Å². The number of primary amides is 1. The summed E-state index contributed by atoms with van der Waals surface area (Å²) in [5.74, 6) is -0.269. The van der Waals surface area contributed by atoms with Gasteiger partial charge in [0.2, 0.25) is 5.91 Å². The lowest BCUT2D eigenvalue weighted by atomic mass is 9.89. The van der Waals surface area contributed by atoms with Crippen LogP contribution in [0, 0.1) is 6.92 Å². The van der Waals surface area contributed by atoms with Crippen molar-refractivity contribution < 1.29 is 19.1 Å². The predicted octanol–water partition coefficient (Wildman–Crippen LogP) is 3.50. The maximum Gasteiger partial charge on any atom is 0.341 e. The number of anilines is 1. The molecule has 0 bridgehead atoms. The fourth-order valence-corrected chi connectivity index (χ4v) is 5.67. The Labute approximate surface area is 194 Å². The van der Waals surface area contributed by atoms with Gasteiger partial charge in [0.05, 0.1) is 23.3 Å². The highest BCUT2D eigenvalue weighted by Gasteiger charge is 2.26. The molecular formula is C21H27N5O4S2. The van der Waals surface area contributed by atoms with Crippen LogP contribution >= 0.6 is 23.1 Å². The molecule has 1 aliphatic carbocycles. The summed E-state index contributed by atoms with van der Waals surface area (Å²) in [5, 5.41) is 12.3. The first-order chi connectivity index (χ1) is 15.4. The number of carbonyl (C=O) groups excluding carboxylic acids is 3. The van der Waals surface area contributed by atoms with Crippen molar-refractivity contribution in [1.29, 1.82) is 0 Å². The molecule has 9 nitrogen and oxygen atoms in total. The van der Waals surface area contributed by atoms with E-state index in [4.69, 9.17) is 10.5 Å². The number of ether oxygens (including phenoxy) is 1. The van der Waals surface area contributed by atoms with Gasteiger partial charge < -0.3 is 20.4 Å². The van der Waals surface area contributed by atoms with Crippen LogP contribution in [-0.2, 0) is 16.1 Å². The minimum atomic E-state index is -0.666. The van der Waals surface area contributed by atoms with Crippen molar-refractivity contribution in [2.45, 2.75) is 56.6 Å². The number of nitrogens with one attached hydrogen (secondary N) is 1. The smallest absolute Gasteiger partial charge is 0.341 e. The van der Waals surface area contributed by atoms with Crippen LogP contribution in [0.1, 0.15) is 69.4 Å². The van der Waals surface area contributed by atoms with Crippen molar-refractivity contribution in [3.8, 4) is 0 Å². The molecular weight excluding hydrogens is 450 g/mol. The molecule has 1 aliphatic rings. The molecule has 0 radical (unpaired) electrons. The fourth-order valence-electron chi connectivity index (χ4n) is 3.85. The van der Waals surface area contributed by atoms with Gasteiger partial charge in [-0.05, 0) is 25.3 Å². The molecule has 2 amide bonds. The zero-order valence-electron chi connectivity index (χ0n) is 18.2. The lowest BCUT2D eigenvalue weighted by Crippen LogP contribution is -2.17. The number of carbonyl (C=O) groups is 3. The second-order valence-corrected chi connectivity index (χ2v) is 9.49. The third-order valence-electron chi connectivity index (χ3n) is 5.37. The third-order valence-corrected chi connectivity index (χ3v) is 7.56.